The van der Waals surface area contributed by atoms with Crippen molar-refractivity contribution in [2.24, 2.45) is 0 Å². The maximum absolute atomic E-state index is 12.4. The van der Waals surface area contributed by atoms with Gasteiger partial charge in [-0.25, -0.2) is 0 Å². The Kier molecular flexibility index (Phi) is 4.20. The first-order chi connectivity index (χ1) is 11.6. The van der Waals surface area contributed by atoms with Crippen LogP contribution in [-0.4, -0.2) is 19.0 Å². The Morgan fingerprint density at radius 1 is 0.875 bits per heavy atom. The number of hydrogen-bond donors (Lipinski definition) is 0. The molecular weight excluding hydrogens is 308 g/mol. The van der Waals surface area contributed by atoms with Crippen molar-refractivity contribution in [3.63, 3.8) is 0 Å². The Bertz CT molecular complexity index is 900. The fourth-order valence-electron chi connectivity index (χ4n) is 2.50. The molecule has 0 saturated heterocycles. The molecule has 0 spiro atoms. The molecule has 0 unspecified atom stereocenters. The molecule has 0 aliphatic carbocycles. The summed E-state index contributed by atoms with van der Waals surface area (Å²) < 4.78 is 11.6. The molecule has 6 heteroatoms. The average molecular weight is 324 g/mol. The lowest BCUT2D eigenvalue weighted by molar-refractivity contribution is -0.482. The van der Waals surface area contributed by atoms with Gasteiger partial charge in [-0.05, 0) is 48.5 Å². The second kappa shape index (κ2) is 6.45. The molecule has 0 N–H and O–H groups in total. The Labute approximate surface area is 138 Å². The van der Waals surface area contributed by atoms with Crippen LogP contribution in [0.25, 0.3) is 22.5 Å². The highest BCUT2D eigenvalue weighted by atomic mass is 16.5. The highest BCUT2D eigenvalue weighted by Gasteiger charge is 2.21. The van der Waals surface area contributed by atoms with Gasteiger partial charge in [-0.1, -0.05) is 0 Å². The number of rotatable bonds is 4. The largest absolute Gasteiger partial charge is 0.805 e. The van der Waals surface area contributed by atoms with Gasteiger partial charge in [0, 0.05) is 10.5 Å². The molecule has 2 aromatic carbocycles. The van der Waals surface area contributed by atoms with Gasteiger partial charge < -0.3 is 19.4 Å². The third-order valence-electron chi connectivity index (χ3n) is 3.73. The van der Waals surface area contributed by atoms with Crippen LogP contribution in [0.15, 0.2) is 60.9 Å². The van der Waals surface area contributed by atoms with Gasteiger partial charge in [0.1, 0.15) is 17.2 Å². The molecule has 0 atom stereocenters. The molecule has 3 aromatic rings. The van der Waals surface area contributed by atoms with Crippen molar-refractivity contribution < 1.29 is 13.9 Å². The van der Waals surface area contributed by atoms with E-state index in [0.29, 0.717) is 31.8 Å². The maximum Gasteiger partial charge on any atom is 0.293 e. The van der Waals surface area contributed by atoms with Gasteiger partial charge in [0.05, 0.1) is 30.4 Å². The van der Waals surface area contributed by atoms with E-state index in [1.165, 1.54) is 12.4 Å². The van der Waals surface area contributed by atoms with Crippen LogP contribution in [0, 0.1) is 10.1 Å². The maximum atomic E-state index is 12.4. The second-order valence-electron chi connectivity index (χ2n) is 5.10. The summed E-state index contributed by atoms with van der Waals surface area (Å²) in [5.41, 5.74) is 1.81. The van der Waals surface area contributed by atoms with Gasteiger partial charge in [-0.15, -0.1) is 0 Å². The predicted molar refractivity (Wildman–Crippen MR) is 90.5 cm³/mol. The Morgan fingerprint density at radius 2 is 1.38 bits per heavy atom. The molecule has 0 amide bonds. The molecule has 6 nitrogen and oxygen atoms in total. The van der Waals surface area contributed by atoms with E-state index in [4.69, 9.17) is 9.47 Å². The van der Waals surface area contributed by atoms with E-state index < -0.39 is 0 Å². The van der Waals surface area contributed by atoms with E-state index in [0.717, 1.165) is 0 Å². The summed E-state index contributed by atoms with van der Waals surface area (Å²) in [4.78, 5) is 12.4. The van der Waals surface area contributed by atoms with Crippen LogP contribution in [0.4, 0.5) is 0 Å². The lowest BCUT2D eigenvalue weighted by Gasteiger charge is -2.16. The van der Waals surface area contributed by atoms with Gasteiger partial charge in [0.2, 0.25) is 6.20 Å². The number of ether oxygens (including phenoxy) is 2. The fourth-order valence-corrected chi connectivity index (χ4v) is 2.50. The van der Waals surface area contributed by atoms with Crippen molar-refractivity contribution in [1.29, 1.82) is 0 Å². The van der Waals surface area contributed by atoms with E-state index in [9.17, 15) is 10.1 Å². The van der Waals surface area contributed by atoms with Crippen LogP contribution in [0.1, 0.15) is 0 Å². The Balaban J connectivity index is 2.21. The first-order valence-electron chi connectivity index (χ1n) is 7.28. The molecular formula is C18H16N2O4. The first-order valence-corrected chi connectivity index (χ1v) is 7.28. The van der Waals surface area contributed by atoms with Gasteiger partial charge >= 0.3 is 0 Å². The molecule has 0 fully saturated rings. The number of hydrogen-bond acceptors (Lipinski definition) is 4. The Hall–Kier alpha value is -3.28. The van der Waals surface area contributed by atoms with Crippen LogP contribution in [-0.2, 0) is 0 Å². The molecule has 0 radical (unpaired) electrons. The summed E-state index contributed by atoms with van der Waals surface area (Å²) in [5, 5.41) is 12.4. The van der Waals surface area contributed by atoms with Crippen molar-refractivity contribution in [2.75, 3.05) is 14.2 Å². The lowest BCUT2D eigenvalue weighted by Crippen LogP contribution is -2.21. The zero-order chi connectivity index (χ0) is 17.1. The SMILES string of the molecule is COc1ccc(-c2c(-c3ccc(OC)cc3)[n+](=O)ccn2[O-])cc1. The number of nitrogens with zero attached hydrogens (tertiary/aromatic N) is 2. The molecule has 0 aliphatic rings. The smallest absolute Gasteiger partial charge is 0.293 e. The summed E-state index contributed by atoms with van der Waals surface area (Å²) in [6.07, 6.45) is 2.39. The minimum atomic E-state index is 0.278. The van der Waals surface area contributed by atoms with E-state index in [1.54, 1.807) is 62.8 Å². The van der Waals surface area contributed by atoms with Gasteiger partial charge in [-0.2, -0.15) is 0 Å². The standard InChI is InChI=1S/C18H16N2O4/c1-23-15-7-3-13(4-8-15)17-18(20(22)12-11-19(17)21)14-5-9-16(24-2)10-6-14/h3-12H,1-2H3. The average Bonchev–Trinajstić information content (AvgIpc) is 2.63. The van der Waals surface area contributed by atoms with Gasteiger partial charge in [0.15, 0.2) is 0 Å². The molecule has 24 heavy (non-hydrogen) atoms. The van der Waals surface area contributed by atoms with Crippen LogP contribution in [0.2, 0.25) is 0 Å². The quantitative estimate of drug-likeness (QED) is 0.692. The third-order valence-corrected chi connectivity index (χ3v) is 3.73. The summed E-state index contributed by atoms with van der Waals surface area (Å²) in [6.45, 7) is 0. The molecule has 1 heterocycles. The van der Waals surface area contributed by atoms with Crippen LogP contribution in [0.5, 0.6) is 11.5 Å². The van der Waals surface area contributed by atoms with Crippen molar-refractivity contribution in [3.05, 3.63) is 71.0 Å². The molecule has 1 aromatic heterocycles. The monoisotopic (exact) mass is 324 g/mol. The molecule has 0 bridgehead atoms. The normalized spacial score (nSPS) is 10.4. The minimum Gasteiger partial charge on any atom is -0.805 e. The highest BCUT2D eigenvalue weighted by molar-refractivity contribution is 5.76. The highest BCUT2D eigenvalue weighted by Crippen LogP contribution is 2.30. The van der Waals surface area contributed by atoms with E-state index in [-0.39, 0.29) is 11.4 Å². The Morgan fingerprint density at radius 3 is 1.88 bits per heavy atom. The van der Waals surface area contributed by atoms with Crippen LogP contribution in [0.3, 0.4) is 0 Å². The summed E-state index contributed by atoms with van der Waals surface area (Å²) in [6, 6.07) is 14.0. The molecule has 0 saturated carbocycles. The minimum absolute atomic E-state index is 0.278. The lowest BCUT2D eigenvalue weighted by atomic mass is 10.0. The zero-order valence-corrected chi connectivity index (χ0v) is 13.3. The first kappa shape index (κ1) is 15.6. The van der Waals surface area contributed by atoms with Gasteiger partial charge in [-0.3, -0.25) is 0 Å². The predicted octanol–water partition coefficient (Wildman–Crippen LogP) is 3.10. The topological polar surface area (TPSA) is 69.4 Å². The van der Waals surface area contributed by atoms with E-state index >= 15 is 0 Å². The summed E-state index contributed by atoms with van der Waals surface area (Å²) >= 11 is 0. The number of benzene rings is 2. The molecule has 3 rings (SSSR count). The fraction of sp³-hybridized carbons (Fsp3) is 0.111. The second-order valence-corrected chi connectivity index (χ2v) is 5.10. The third kappa shape index (κ3) is 2.81. The van der Waals surface area contributed by atoms with Crippen molar-refractivity contribution in [3.8, 4) is 34.0 Å². The van der Waals surface area contributed by atoms with Gasteiger partial charge in [0.25, 0.3) is 5.69 Å². The molecule has 0 aliphatic heterocycles. The van der Waals surface area contributed by atoms with Crippen molar-refractivity contribution in [2.45, 2.75) is 0 Å². The van der Waals surface area contributed by atoms with E-state index in [1.807, 2.05) is 0 Å². The van der Waals surface area contributed by atoms with Crippen LogP contribution < -0.4 is 13.9 Å². The summed E-state index contributed by atoms with van der Waals surface area (Å²) in [5.74, 6) is 1.35. The number of aromatic nitrogens is 2. The van der Waals surface area contributed by atoms with Crippen molar-refractivity contribution >= 4 is 0 Å². The van der Waals surface area contributed by atoms with Crippen molar-refractivity contribution in [1.82, 2.24) is 4.73 Å². The van der Waals surface area contributed by atoms with Crippen LogP contribution >= 0.6 is 0 Å². The van der Waals surface area contributed by atoms with E-state index in [2.05, 4.69) is 0 Å². The molecule has 122 valence electrons. The summed E-state index contributed by atoms with van der Waals surface area (Å²) in [7, 11) is 3.14. The zero-order valence-electron chi connectivity index (χ0n) is 13.3. The number of methoxy groups -OCH3 is 2.